The number of carbonyl (C=O) groups is 1. The van der Waals surface area contributed by atoms with Crippen LogP contribution in [0.1, 0.15) is 37.3 Å². The summed E-state index contributed by atoms with van der Waals surface area (Å²) < 4.78 is 0. The van der Waals surface area contributed by atoms with Crippen molar-refractivity contribution in [2.45, 2.75) is 38.1 Å². The van der Waals surface area contributed by atoms with Crippen molar-refractivity contribution >= 4 is 11.6 Å². The van der Waals surface area contributed by atoms with E-state index in [9.17, 15) is 4.79 Å². The molecule has 3 rings (SSSR count). The van der Waals surface area contributed by atoms with E-state index < -0.39 is 0 Å². The Hall–Kier alpha value is -1.35. The predicted octanol–water partition coefficient (Wildman–Crippen LogP) is 2.19. The second-order valence-electron chi connectivity index (χ2n) is 5.66. The Bertz CT molecular complexity index is 489. The zero-order valence-electron chi connectivity index (χ0n) is 11.1. The number of nitrogens with zero attached hydrogens (tertiary/aromatic N) is 1. The van der Waals surface area contributed by atoms with Gasteiger partial charge >= 0.3 is 0 Å². The summed E-state index contributed by atoms with van der Waals surface area (Å²) in [7, 11) is 1.88. The molecule has 1 unspecified atom stereocenters. The molecular weight excluding hydrogens is 224 g/mol. The van der Waals surface area contributed by atoms with Gasteiger partial charge in [-0.25, -0.2) is 0 Å². The molecule has 1 aromatic rings. The van der Waals surface area contributed by atoms with E-state index in [0.717, 1.165) is 18.7 Å². The fourth-order valence-corrected chi connectivity index (χ4v) is 3.12. The first kappa shape index (κ1) is 11.7. The van der Waals surface area contributed by atoms with Gasteiger partial charge in [0.05, 0.1) is 0 Å². The molecule has 2 heterocycles. The molecule has 3 heteroatoms. The van der Waals surface area contributed by atoms with Crippen LogP contribution >= 0.6 is 0 Å². The molecule has 96 valence electrons. The fraction of sp³-hybridized carbons (Fsp3) is 0.533. The van der Waals surface area contributed by atoms with Gasteiger partial charge in [0.2, 0.25) is 5.91 Å². The quantitative estimate of drug-likeness (QED) is 0.821. The average Bonchev–Trinajstić information content (AvgIpc) is 2.82. The van der Waals surface area contributed by atoms with Gasteiger partial charge in [0.1, 0.15) is 0 Å². The number of hydrogen-bond acceptors (Lipinski definition) is 2. The smallest absolute Gasteiger partial charge is 0.227 e. The third-order valence-corrected chi connectivity index (χ3v) is 4.43. The maximum Gasteiger partial charge on any atom is 0.227 e. The normalized spacial score (nSPS) is 27.4. The SMILES string of the molecule is CN1C(=O)CCc2ccc(C3(C)CCCN3)cc21. The van der Waals surface area contributed by atoms with Crippen LogP contribution in [-0.4, -0.2) is 19.5 Å². The van der Waals surface area contributed by atoms with Gasteiger partial charge in [-0.2, -0.15) is 0 Å². The van der Waals surface area contributed by atoms with E-state index in [-0.39, 0.29) is 11.4 Å². The van der Waals surface area contributed by atoms with Crippen LogP contribution in [0.4, 0.5) is 5.69 Å². The van der Waals surface area contributed by atoms with Crippen molar-refractivity contribution in [3.05, 3.63) is 29.3 Å². The lowest BCUT2D eigenvalue weighted by molar-refractivity contribution is -0.118. The number of carbonyl (C=O) groups excluding carboxylic acids is 1. The van der Waals surface area contributed by atoms with Crippen molar-refractivity contribution in [2.75, 3.05) is 18.5 Å². The summed E-state index contributed by atoms with van der Waals surface area (Å²) in [5.41, 5.74) is 3.78. The summed E-state index contributed by atoms with van der Waals surface area (Å²) in [6.07, 6.45) is 3.91. The van der Waals surface area contributed by atoms with Crippen molar-refractivity contribution < 1.29 is 4.79 Å². The Kier molecular flexibility index (Phi) is 2.67. The summed E-state index contributed by atoms with van der Waals surface area (Å²) in [5, 5.41) is 3.58. The third kappa shape index (κ3) is 1.74. The number of amides is 1. The van der Waals surface area contributed by atoms with E-state index in [1.807, 2.05) is 7.05 Å². The molecule has 1 aromatic carbocycles. The highest BCUT2D eigenvalue weighted by molar-refractivity contribution is 5.96. The molecule has 0 aromatic heterocycles. The zero-order chi connectivity index (χ0) is 12.8. The molecule has 1 amide bonds. The van der Waals surface area contributed by atoms with Crippen LogP contribution in [0.3, 0.4) is 0 Å². The summed E-state index contributed by atoms with van der Waals surface area (Å²) in [4.78, 5) is 13.6. The van der Waals surface area contributed by atoms with E-state index in [1.54, 1.807) is 4.90 Å². The Balaban J connectivity index is 2.02. The van der Waals surface area contributed by atoms with Gasteiger partial charge in [0.25, 0.3) is 0 Å². The highest BCUT2D eigenvalue weighted by Gasteiger charge is 2.31. The van der Waals surface area contributed by atoms with Crippen LogP contribution in [0.15, 0.2) is 18.2 Å². The number of benzene rings is 1. The molecule has 2 aliphatic heterocycles. The van der Waals surface area contributed by atoms with Crippen LogP contribution in [0.25, 0.3) is 0 Å². The van der Waals surface area contributed by atoms with Crippen LogP contribution in [0, 0.1) is 0 Å². The molecule has 1 fully saturated rings. The molecule has 0 bridgehead atoms. The lowest BCUT2D eigenvalue weighted by Crippen LogP contribution is -2.35. The molecule has 18 heavy (non-hydrogen) atoms. The minimum atomic E-state index is 0.0797. The zero-order valence-corrected chi connectivity index (χ0v) is 11.1. The Labute approximate surface area is 108 Å². The van der Waals surface area contributed by atoms with Crippen molar-refractivity contribution in [3.63, 3.8) is 0 Å². The molecule has 0 radical (unpaired) electrons. The first-order valence-corrected chi connectivity index (χ1v) is 6.75. The maximum absolute atomic E-state index is 11.8. The van der Waals surface area contributed by atoms with E-state index in [4.69, 9.17) is 0 Å². The van der Waals surface area contributed by atoms with Gasteiger partial charge in [-0.1, -0.05) is 12.1 Å². The first-order valence-electron chi connectivity index (χ1n) is 6.75. The largest absolute Gasteiger partial charge is 0.315 e. The summed E-state index contributed by atoms with van der Waals surface area (Å²) >= 11 is 0. The maximum atomic E-state index is 11.8. The van der Waals surface area contributed by atoms with Crippen molar-refractivity contribution in [1.82, 2.24) is 5.32 Å². The van der Waals surface area contributed by atoms with Gasteiger partial charge in [0.15, 0.2) is 0 Å². The fourth-order valence-electron chi connectivity index (χ4n) is 3.12. The topological polar surface area (TPSA) is 32.3 Å². The highest BCUT2D eigenvalue weighted by atomic mass is 16.2. The monoisotopic (exact) mass is 244 g/mol. The number of aryl methyl sites for hydroxylation is 1. The highest BCUT2D eigenvalue weighted by Crippen LogP contribution is 2.35. The predicted molar refractivity (Wildman–Crippen MR) is 72.8 cm³/mol. The number of hydrogen-bond donors (Lipinski definition) is 1. The first-order chi connectivity index (χ1) is 8.60. The van der Waals surface area contributed by atoms with E-state index >= 15 is 0 Å². The van der Waals surface area contributed by atoms with Gasteiger partial charge < -0.3 is 10.2 Å². The Morgan fingerprint density at radius 3 is 2.89 bits per heavy atom. The number of anilines is 1. The Morgan fingerprint density at radius 1 is 1.33 bits per heavy atom. The minimum Gasteiger partial charge on any atom is -0.315 e. The number of nitrogens with one attached hydrogen (secondary N) is 1. The van der Waals surface area contributed by atoms with Crippen molar-refractivity contribution in [2.24, 2.45) is 0 Å². The van der Waals surface area contributed by atoms with Crippen LogP contribution < -0.4 is 10.2 Å². The second-order valence-corrected chi connectivity index (χ2v) is 5.66. The van der Waals surface area contributed by atoms with Gasteiger partial charge in [0, 0.05) is 24.7 Å². The van der Waals surface area contributed by atoms with Gasteiger partial charge in [-0.3, -0.25) is 4.79 Å². The van der Waals surface area contributed by atoms with Crippen molar-refractivity contribution in [3.8, 4) is 0 Å². The van der Waals surface area contributed by atoms with E-state index in [2.05, 4.69) is 30.4 Å². The molecule has 1 atom stereocenters. The van der Waals surface area contributed by atoms with Gasteiger partial charge in [-0.15, -0.1) is 0 Å². The van der Waals surface area contributed by atoms with E-state index in [0.29, 0.717) is 6.42 Å². The Morgan fingerprint density at radius 2 is 2.17 bits per heavy atom. The molecule has 1 N–H and O–H groups in total. The summed E-state index contributed by atoms with van der Waals surface area (Å²) in [6.45, 7) is 3.34. The molecule has 0 saturated carbocycles. The molecule has 0 aliphatic carbocycles. The lowest BCUT2D eigenvalue weighted by Gasteiger charge is -2.30. The van der Waals surface area contributed by atoms with Gasteiger partial charge in [-0.05, 0) is 49.9 Å². The molecule has 1 saturated heterocycles. The lowest BCUT2D eigenvalue weighted by atomic mass is 9.88. The standard InChI is InChI=1S/C15H20N2O/c1-15(8-3-9-16-15)12-6-4-11-5-7-14(18)17(2)13(11)10-12/h4,6,10,16H,3,5,7-9H2,1-2H3. The van der Waals surface area contributed by atoms with Crippen molar-refractivity contribution in [1.29, 1.82) is 0 Å². The average molecular weight is 244 g/mol. The summed E-state index contributed by atoms with van der Waals surface area (Å²) in [5.74, 6) is 0.226. The van der Waals surface area contributed by atoms with Crippen LogP contribution in [0.5, 0.6) is 0 Å². The molecular formula is C15H20N2O. The van der Waals surface area contributed by atoms with Crippen LogP contribution in [0.2, 0.25) is 0 Å². The van der Waals surface area contributed by atoms with Crippen LogP contribution in [-0.2, 0) is 16.8 Å². The number of fused-ring (bicyclic) bond motifs is 1. The van der Waals surface area contributed by atoms with E-state index in [1.165, 1.54) is 24.0 Å². The molecule has 0 spiro atoms. The number of rotatable bonds is 1. The third-order valence-electron chi connectivity index (χ3n) is 4.43. The second kappa shape index (κ2) is 4.09. The molecule has 3 nitrogen and oxygen atoms in total. The summed E-state index contributed by atoms with van der Waals surface area (Å²) in [6, 6.07) is 6.62. The molecule has 2 aliphatic rings. The minimum absolute atomic E-state index is 0.0797.